The van der Waals surface area contributed by atoms with Crippen molar-refractivity contribution in [2.24, 2.45) is 0 Å². The molecule has 0 radical (unpaired) electrons. The smallest absolute Gasteiger partial charge is 0.325 e. The third-order valence-electron chi connectivity index (χ3n) is 3.32. The zero-order valence-electron chi connectivity index (χ0n) is 12.0. The number of hydrogen-bond donors (Lipinski definition) is 2. The van der Waals surface area contributed by atoms with Gasteiger partial charge in [-0.3, -0.25) is 9.59 Å². The highest BCUT2D eigenvalue weighted by molar-refractivity contribution is 5.87. The summed E-state index contributed by atoms with van der Waals surface area (Å²) in [7, 11) is 1.62. The second-order valence-corrected chi connectivity index (χ2v) is 4.78. The second kappa shape index (κ2) is 6.30. The maximum atomic E-state index is 11.7. The normalized spacial score (nSPS) is 12.1. The van der Waals surface area contributed by atoms with E-state index in [-0.39, 0.29) is 12.3 Å². The fourth-order valence-electron chi connectivity index (χ4n) is 2.17. The molecule has 21 heavy (non-hydrogen) atoms. The molecule has 112 valence electrons. The van der Waals surface area contributed by atoms with Gasteiger partial charge >= 0.3 is 5.97 Å². The lowest BCUT2D eigenvalue weighted by molar-refractivity contribution is -0.141. The molecule has 1 amide bonds. The van der Waals surface area contributed by atoms with Crippen molar-refractivity contribution >= 4 is 22.8 Å². The Labute approximate surface area is 122 Å². The highest BCUT2D eigenvalue weighted by Crippen LogP contribution is 2.26. The Balaban J connectivity index is 2.04. The summed E-state index contributed by atoms with van der Waals surface area (Å²) in [5.74, 6) is -0.538. The highest BCUT2D eigenvalue weighted by atomic mass is 16.5. The number of aryl methyl sites for hydroxylation is 1. The van der Waals surface area contributed by atoms with Crippen molar-refractivity contribution in [3.05, 3.63) is 30.5 Å². The van der Waals surface area contributed by atoms with E-state index in [4.69, 9.17) is 9.84 Å². The van der Waals surface area contributed by atoms with Crippen molar-refractivity contribution in [3.8, 4) is 5.75 Å². The van der Waals surface area contributed by atoms with Gasteiger partial charge in [0.1, 0.15) is 11.8 Å². The van der Waals surface area contributed by atoms with E-state index in [2.05, 4.69) is 5.32 Å². The number of nitrogens with zero attached hydrogens (tertiary/aromatic N) is 1. The first-order valence-electron chi connectivity index (χ1n) is 6.67. The molecule has 2 aromatic rings. The minimum atomic E-state index is -1.04. The summed E-state index contributed by atoms with van der Waals surface area (Å²) in [6.07, 6.45) is 2.11. The van der Waals surface area contributed by atoms with Gasteiger partial charge in [0.05, 0.1) is 12.6 Å². The molecular weight excluding hydrogens is 272 g/mol. The maximum absolute atomic E-state index is 11.7. The fourth-order valence-corrected chi connectivity index (χ4v) is 2.17. The molecule has 6 heteroatoms. The minimum Gasteiger partial charge on any atom is -0.496 e. The van der Waals surface area contributed by atoms with E-state index in [0.717, 1.165) is 16.7 Å². The Kier molecular flexibility index (Phi) is 4.47. The molecule has 0 spiro atoms. The molecule has 0 fully saturated rings. The topological polar surface area (TPSA) is 80.6 Å². The van der Waals surface area contributed by atoms with Crippen LogP contribution in [0, 0.1) is 0 Å². The number of ether oxygens (including phenoxy) is 1. The number of carbonyl (C=O) groups excluding carboxylic acids is 1. The Morgan fingerprint density at radius 3 is 2.81 bits per heavy atom. The van der Waals surface area contributed by atoms with Gasteiger partial charge in [0.15, 0.2) is 0 Å². The first-order chi connectivity index (χ1) is 10.0. The van der Waals surface area contributed by atoms with Crippen LogP contribution < -0.4 is 10.1 Å². The average Bonchev–Trinajstić information content (AvgIpc) is 2.88. The molecule has 2 N–H and O–H groups in total. The molecule has 1 aromatic heterocycles. The van der Waals surface area contributed by atoms with Crippen molar-refractivity contribution < 1.29 is 19.4 Å². The number of hydrogen-bond acceptors (Lipinski definition) is 3. The molecule has 0 unspecified atom stereocenters. The Bertz CT molecular complexity index is 663. The molecule has 6 nitrogen and oxygen atoms in total. The van der Waals surface area contributed by atoms with Crippen LogP contribution in [0.5, 0.6) is 5.75 Å². The van der Waals surface area contributed by atoms with E-state index < -0.39 is 12.0 Å². The van der Waals surface area contributed by atoms with Gasteiger partial charge in [-0.2, -0.15) is 0 Å². The zero-order chi connectivity index (χ0) is 15.4. The fraction of sp³-hybridized carbons (Fsp3) is 0.333. The summed E-state index contributed by atoms with van der Waals surface area (Å²) >= 11 is 0. The van der Waals surface area contributed by atoms with Crippen LogP contribution in [0.4, 0.5) is 0 Å². The van der Waals surface area contributed by atoms with E-state index >= 15 is 0 Å². The standard InChI is InChI=1S/C15H18N2O4/c1-10(15(19)20)16-14(18)7-9-17-8-6-11-12(17)4-3-5-13(11)21-2/h3-6,8,10H,7,9H2,1-2H3,(H,16,18)(H,19,20)/t10-/m1/s1. The number of carboxylic acids is 1. The van der Waals surface area contributed by atoms with Crippen molar-refractivity contribution in [2.75, 3.05) is 7.11 Å². The molecule has 1 atom stereocenters. The summed E-state index contributed by atoms with van der Waals surface area (Å²) in [6.45, 7) is 1.92. The predicted molar refractivity (Wildman–Crippen MR) is 78.3 cm³/mol. The lowest BCUT2D eigenvalue weighted by atomic mass is 10.2. The quantitative estimate of drug-likeness (QED) is 0.847. The first-order valence-corrected chi connectivity index (χ1v) is 6.67. The van der Waals surface area contributed by atoms with Crippen LogP contribution >= 0.6 is 0 Å². The molecule has 0 aliphatic rings. The number of aromatic nitrogens is 1. The molecule has 0 aliphatic carbocycles. The molecule has 2 rings (SSSR count). The van der Waals surface area contributed by atoms with Crippen LogP contribution in [0.1, 0.15) is 13.3 Å². The second-order valence-electron chi connectivity index (χ2n) is 4.78. The summed E-state index contributed by atoms with van der Waals surface area (Å²) in [5.41, 5.74) is 0.980. The largest absolute Gasteiger partial charge is 0.496 e. The molecule has 1 heterocycles. The van der Waals surface area contributed by atoms with E-state index in [1.54, 1.807) is 7.11 Å². The Morgan fingerprint density at radius 1 is 1.38 bits per heavy atom. The number of benzene rings is 1. The van der Waals surface area contributed by atoms with Crippen LogP contribution in [-0.4, -0.2) is 34.7 Å². The van der Waals surface area contributed by atoms with E-state index in [9.17, 15) is 9.59 Å². The Hall–Kier alpha value is -2.50. The van der Waals surface area contributed by atoms with Gasteiger partial charge in [0.2, 0.25) is 5.91 Å². The Morgan fingerprint density at radius 2 is 2.14 bits per heavy atom. The third-order valence-corrected chi connectivity index (χ3v) is 3.32. The van der Waals surface area contributed by atoms with Crippen LogP contribution in [0.2, 0.25) is 0 Å². The molecule has 0 saturated heterocycles. The maximum Gasteiger partial charge on any atom is 0.325 e. The van der Waals surface area contributed by atoms with Crippen molar-refractivity contribution in [1.29, 1.82) is 0 Å². The first kappa shape index (κ1) is 14.9. The van der Waals surface area contributed by atoms with Crippen molar-refractivity contribution in [2.45, 2.75) is 25.9 Å². The van der Waals surface area contributed by atoms with Gasteiger partial charge in [-0.05, 0) is 25.1 Å². The number of methoxy groups -OCH3 is 1. The van der Waals surface area contributed by atoms with E-state index in [1.165, 1.54) is 6.92 Å². The number of carboxylic acid groups (broad SMARTS) is 1. The van der Waals surface area contributed by atoms with Crippen LogP contribution in [0.15, 0.2) is 30.5 Å². The third kappa shape index (κ3) is 3.34. The van der Waals surface area contributed by atoms with Crippen molar-refractivity contribution in [3.63, 3.8) is 0 Å². The van der Waals surface area contributed by atoms with Crippen molar-refractivity contribution in [1.82, 2.24) is 9.88 Å². The minimum absolute atomic E-state index is 0.221. The van der Waals surface area contributed by atoms with E-state index in [0.29, 0.717) is 6.54 Å². The average molecular weight is 290 g/mol. The number of nitrogens with one attached hydrogen (secondary N) is 1. The van der Waals surface area contributed by atoms with Gasteiger partial charge in [-0.1, -0.05) is 6.07 Å². The SMILES string of the molecule is COc1cccc2c1ccn2CCC(=O)N[C@H](C)C(=O)O. The molecule has 0 saturated carbocycles. The monoisotopic (exact) mass is 290 g/mol. The van der Waals surface area contributed by atoms with Gasteiger partial charge in [-0.15, -0.1) is 0 Å². The van der Waals surface area contributed by atoms with Crippen LogP contribution in [-0.2, 0) is 16.1 Å². The molecule has 0 aliphatic heterocycles. The number of amides is 1. The lowest BCUT2D eigenvalue weighted by Crippen LogP contribution is -2.38. The van der Waals surface area contributed by atoms with Crippen LogP contribution in [0.25, 0.3) is 10.9 Å². The van der Waals surface area contributed by atoms with Gasteiger partial charge in [0, 0.05) is 24.5 Å². The summed E-state index contributed by atoms with van der Waals surface area (Å²) in [4.78, 5) is 22.4. The number of aliphatic carboxylic acids is 1. The predicted octanol–water partition coefficient (Wildman–Crippen LogP) is 1.63. The molecule has 1 aromatic carbocycles. The lowest BCUT2D eigenvalue weighted by Gasteiger charge is -2.10. The van der Waals surface area contributed by atoms with Crippen LogP contribution in [0.3, 0.4) is 0 Å². The summed E-state index contributed by atoms with van der Waals surface area (Å²) < 4.78 is 7.23. The summed E-state index contributed by atoms with van der Waals surface area (Å²) in [6, 6.07) is 6.79. The molecule has 0 bridgehead atoms. The van der Waals surface area contributed by atoms with Gasteiger partial charge in [-0.25, -0.2) is 0 Å². The molecular formula is C15H18N2O4. The zero-order valence-corrected chi connectivity index (χ0v) is 12.0. The van der Waals surface area contributed by atoms with Gasteiger partial charge in [0.25, 0.3) is 0 Å². The van der Waals surface area contributed by atoms with E-state index in [1.807, 2.05) is 35.0 Å². The number of rotatable bonds is 6. The summed E-state index contributed by atoms with van der Waals surface area (Å²) in [5, 5.41) is 12.2. The highest BCUT2D eigenvalue weighted by Gasteiger charge is 2.14. The number of carbonyl (C=O) groups is 2. The van der Waals surface area contributed by atoms with Gasteiger partial charge < -0.3 is 19.7 Å². The number of fused-ring (bicyclic) bond motifs is 1.